The zero-order valence-corrected chi connectivity index (χ0v) is 14.7. The van der Waals surface area contributed by atoms with Crippen LogP contribution in [-0.2, 0) is 11.3 Å². The summed E-state index contributed by atoms with van der Waals surface area (Å²) in [6.45, 7) is 4.10. The summed E-state index contributed by atoms with van der Waals surface area (Å²) in [6, 6.07) is 8.11. The molecule has 0 radical (unpaired) electrons. The van der Waals surface area contributed by atoms with E-state index in [2.05, 4.69) is 10.2 Å². The van der Waals surface area contributed by atoms with Crippen molar-refractivity contribution in [3.63, 3.8) is 0 Å². The molecule has 1 aromatic carbocycles. The predicted molar refractivity (Wildman–Crippen MR) is 95.1 cm³/mol. The number of benzene rings is 1. The molecule has 2 aromatic rings. The second-order valence-corrected chi connectivity index (χ2v) is 7.61. The predicted octanol–water partition coefficient (Wildman–Crippen LogP) is 3.32. The van der Waals surface area contributed by atoms with Crippen molar-refractivity contribution in [2.75, 3.05) is 13.1 Å². The van der Waals surface area contributed by atoms with Crippen LogP contribution in [0.25, 0.3) is 11.4 Å². The van der Waals surface area contributed by atoms with E-state index in [9.17, 15) is 4.79 Å². The van der Waals surface area contributed by atoms with E-state index in [0.29, 0.717) is 10.2 Å². The third-order valence-corrected chi connectivity index (χ3v) is 5.88. The van der Waals surface area contributed by atoms with Gasteiger partial charge in [-0.2, -0.15) is 5.10 Å². The van der Waals surface area contributed by atoms with Gasteiger partial charge in [-0.25, -0.2) is 0 Å². The highest BCUT2D eigenvalue weighted by Gasteiger charge is 2.44. The average molecular weight is 342 g/mol. The topological polar surface area (TPSA) is 53.9 Å². The number of H-pyrrole nitrogens is 1. The second-order valence-electron chi connectivity index (χ2n) is 7.22. The number of aryl methyl sites for hydroxylation is 1. The fourth-order valence-corrected chi connectivity index (χ4v) is 4.05. The maximum Gasteiger partial charge on any atom is 0.242 e. The van der Waals surface area contributed by atoms with Gasteiger partial charge in [-0.15, -0.1) is 0 Å². The molecule has 1 aliphatic heterocycles. The molecule has 1 amide bonds. The minimum absolute atomic E-state index is 0.143. The fraction of sp³-hybridized carbons (Fsp3) is 0.500. The summed E-state index contributed by atoms with van der Waals surface area (Å²) < 4.78 is 2.31. The van der Waals surface area contributed by atoms with Crippen LogP contribution < -0.4 is 0 Å². The molecule has 1 N–H and O–H groups in total. The number of nitrogens with zero attached hydrogens (tertiary/aromatic N) is 3. The first-order valence-electron chi connectivity index (χ1n) is 8.56. The molecule has 126 valence electrons. The molecule has 1 aromatic heterocycles. The van der Waals surface area contributed by atoms with Gasteiger partial charge in [-0.1, -0.05) is 36.2 Å². The van der Waals surface area contributed by atoms with E-state index in [4.69, 9.17) is 12.2 Å². The first kappa shape index (κ1) is 15.6. The maximum absolute atomic E-state index is 12.7. The van der Waals surface area contributed by atoms with Gasteiger partial charge >= 0.3 is 0 Å². The molecular formula is C18H22N4OS. The maximum atomic E-state index is 12.7. The number of hydrogen-bond acceptors (Lipinski definition) is 3. The van der Waals surface area contributed by atoms with Crippen LogP contribution in [-0.4, -0.2) is 38.7 Å². The molecule has 24 heavy (non-hydrogen) atoms. The van der Waals surface area contributed by atoms with Crippen molar-refractivity contribution in [1.29, 1.82) is 0 Å². The van der Waals surface area contributed by atoms with Crippen LogP contribution in [0.5, 0.6) is 0 Å². The number of carbonyl (C=O) groups excluding carboxylic acids is 1. The molecule has 2 heterocycles. The van der Waals surface area contributed by atoms with Crippen molar-refractivity contribution in [3.8, 4) is 11.4 Å². The number of rotatable bonds is 3. The van der Waals surface area contributed by atoms with Gasteiger partial charge in [0.15, 0.2) is 10.6 Å². The monoisotopic (exact) mass is 342 g/mol. The van der Waals surface area contributed by atoms with Crippen molar-refractivity contribution < 1.29 is 4.79 Å². The first-order valence-corrected chi connectivity index (χ1v) is 8.97. The van der Waals surface area contributed by atoms with Gasteiger partial charge < -0.3 is 4.90 Å². The van der Waals surface area contributed by atoms with Crippen LogP contribution in [0.3, 0.4) is 0 Å². The molecule has 0 atom stereocenters. The van der Waals surface area contributed by atoms with E-state index in [1.807, 2.05) is 40.7 Å². The minimum atomic E-state index is 0.143. The van der Waals surface area contributed by atoms with E-state index in [1.165, 1.54) is 24.8 Å². The van der Waals surface area contributed by atoms with Crippen LogP contribution in [0, 0.1) is 17.1 Å². The Morgan fingerprint density at radius 1 is 1.29 bits per heavy atom. The zero-order valence-electron chi connectivity index (χ0n) is 13.9. The molecule has 5 nitrogen and oxygen atoms in total. The quantitative estimate of drug-likeness (QED) is 0.871. The molecular weight excluding hydrogens is 320 g/mol. The number of amides is 1. The van der Waals surface area contributed by atoms with Crippen LogP contribution in [0.1, 0.15) is 31.2 Å². The Bertz CT molecular complexity index is 816. The summed E-state index contributed by atoms with van der Waals surface area (Å²) in [5.41, 5.74) is 2.59. The van der Waals surface area contributed by atoms with Crippen LogP contribution in [0.15, 0.2) is 24.3 Å². The highest BCUT2D eigenvalue weighted by atomic mass is 32.1. The number of hydrogen-bond donors (Lipinski definition) is 1. The van der Waals surface area contributed by atoms with Crippen molar-refractivity contribution >= 4 is 18.1 Å². The standard InChI is InChI=1S/C18H22N4OS/c1-13-3-5-14(6-4-13)16-19-20-17(24)22(16)11-15(23)21-10-9-18(12-21)7-2-8-18/h3-6H,2,7-12H2,1H3,(H,20,24). The highest BCUT2D eigenvalue weighted by molar-refractivity contribution is 7.71. The normalized spacial score (nSPS) is 18.8. The van der Waals surface area contributed by atoms with Gasteiger partial charge in [0.25, 0.3) is 0 Å². The van der Waals surface area contributed by atoms with Crippen molar-refractivity contribution in [1.82, 2.24) is 19.7 Å². The van der Waals surface area contributed by atoms with E-state index in [1.54, 1.807) is 0 Å². The van der Waals surface area contributed by atoms with E-state index in [0.717, 1.165) is 30.9 Å². The Labute approximate surface area is 146 Å². The molecule has 6 heteroatoms. The first-order chi connectivity index (χ1) is 11.6. The molecule has 1 saturated heterocycles. The van der Waals surface area contributed by atoms with Gasteiger partial charge in [-0.05, 0) is 43.8 Å². The summed E-state index contributed by atoms with van der Waals surface area (Å²) in [5.74, 6) is 0.871. The third kappa shape index (κ3) is 2.69. The second kappa shape index (κ2) is 5.84. The third-order valence-electron chi connectivity index (χ3n) is 5.57. The Morgan fingerprint density at radius 3 is 2.67 bits per heavy atom. The van der Waals surface area contributed by atoms with E-state index >= 15 is 0 Å². The van der Waals surface area contributed by atoms with Gasteiger partial charge in [0, 0.05) is 18.7 Å². The van der Waals surface area contributed by atoms with Crippen molar-refractivity contribution in [2.45, 2.75) is 39.2 Å². The van der Waals surface area contributed by atoms with E-state index in [-0.39, 0.29) is 12.5 Å². The summed E-state index contributed by atoms with van der Waals surface area (Å²) >= 11 is 5.34. The average Bonchev–Trinajstić information content (AvgIpc) is 3.14. The lowest BCUT2D eigenvalue weighted by molar-refractivity contribution is -0.131. The number of aromatic amines is 1. The summed E-state index contributed by atoms with van der Waals surface area (Å²) in [6.07, 6.45) is 5.01. The summed E-state index contributed by atoms with van der Waals surface area (Å²) in [4.78, 5) is 14.8. The molecule has 1 spiro atoms. The zero-order chi connectivity index (χ0) is 16.7. The molecule has 0 bridgehead atoms. The van der Waals surface area contributed by atoms with Crippen LogP contribution in [0.2, 0.25) is 0 Å². The Kier molecular flexibility index (Phi) is 3.79. The molecule has 1 aliphatic carbocycles. The van der Waals surface area contributed by atoms with E-state index < -0.39 is 0 Å². The number of nitrogens with one attached hydrogen (secondary N) is 1. The number of aromatic nitrogens is 3. The fourth-order valence-electron chi connectivity index (χ4n) is 3.86. The molecule has 0 unspecified atom stereocenters. The summed E-state index contributed by atoms with van der Waals surface area (Å²) in [7, 11) is 0. The lowest BCUT2D eigenvalue weighted by Gasteiger charge is -2.37. The SMILES string of the molecule is Cc1ccc(-c2n[nH]c(=S)n2CC(=O)N2CCC3(CCC3)C2)cc1. The molecule has 2 fully saturated rings. The molecule has 2 aliphatic rings. The van der Waals surface area contributed by atoms with Gasteiger partial charge in [-0.3, -0.25) is 14.5 Å². The van der Waals surface area contributed by atoms with Gasteiger partial charge in [0.2, 0.25) is 5.91 Å². The summed E-state index contributed by atoms with van der Waals surface area (Å²) in [5, 5.41) is 7.16. The van der Waals surface area contributed by atoms with Crippen LogP contribution in [0.4, 0.5) is 0 Å². The largest absolute Gasteiger partial charge is 0.341 e. The Balaban J connectivity index is 1.54. The molecule has 4 rings (SSSR count). The number of likely N-dealkylation sites (tertiary alicyclic amines) is 1. The van der Waals surface area contributed by atoms with Gasteiger partial charge in [0.05, 0.1) is 0 Å². The smallest absolute Gasteiger partial charge is 0.242 e. The lowest BCUT2D eigenvalue weighted by Crippen LogP contribution is -2.37. The van der Waals surface area contributed by atoms with Gasteiger partial charge in [0.1, 0.15) is 6.54 Å². The van der Waals surface area contributed by atoms with Crippen molar-refractivity contribution in [2.24, 2.45) is 5.41 Å². The Morgan fingerprint density at radius 2 is 2.04 bits per heavy atom. The highest BCUT2D eigenvalue weighted by Crippen LogP contribution is 2.47. The Hall–Kier alpha value is -1.95. The van der Waals surface area contributed by atoms with Crippen LogP contribution >= 0.6 is 12.2 Å². The minimum Gasteiger partial charge on any atom is -0.341 e. The lowest BCUT2D eigenvalue weighted by atomic mass is 9.68. The molecule has 1 saturated carbocycles. The van der Waals surface area contributed by atoms with Crippen molar-refractivity contribution in [3.05, 3.63) is 34.6 Å². The number of carbonyl (C=O) groups is 1.